The Morgan fingerprint density at radius 1 is 1.25 bits per heavy atom. The summed E-state index contributed by atoms with van der Waals surface area (Å²) in [5, 5.41) is 3.43. The summed E-state index contributed by atoms with van der Waals surface area (Å²) in [6.07, 6.45) is 5.02. The van der Waals surface area contributed by atoms with Crippen LogP contribution < -0.4 is 5.32 Å². The van der Waals surface area contributed by atoms with Crippen LogP contribution in [-0.4, -0.2) is 17.9 Å². The van der Waals surface area contributed by atoms with Crippen LogP contribution in [0.2, 0.25) is 0 Å². The molecule has 1 aromatic rings. The molecular weight excluding hydrogens is 198 g/mol. The number of ketones is 1. The molecule has 86 valence electrons. The van der Waals surface area contributed by atoms with Crippen molar-refractivity contribution in [1.82, 2.24) is 5.32 Å². The van der Waals surface area contributed by atoms with E-state index >= 15 is 0 Å². The van der Waals surface area contributed by atoms with E-state index in [4.69, 9.17) is 0 Å². The third-order valence-electron chi connectivity index (χ3n) is 3.29. The standard InChI is InChI=1S/C14H19NO/c1-11(15-13-9-5-6-10-13)14(16)12-7-3-2-4-8-12/h2-4,7-8,11,13,15H,5-6,9-10H2,1H3. The lowest BCUT2D eigenvalue weighted by atomic mass is 10.0. The molecule has 1 saturated carbocycles. The van der Waals surface area contributed by atoms with Gasteiger partial charge in [0.25, 0.3) is 0 Å². The second-order valence-electron chi connectivity index (χ2n) is 4.60. The van der Waals surface area contributed by atoms with Crippen molar-refractivity contribution in [3.8, 4) is 0 Å². The van der Waals surface area contributed by atoms with Gasteiger partial charge in [-0.15, -0.1) is 0 Å². The maximum Gasteiger partial charge on any atom is 0.179 e. The fourth-order valence-electron chi connectivity index (χ4n) is 2.37. The lowest BCUT2D eigenvalue weighted by Crippen LogP contribution is -2.40. The largest absolute Gasteiger partial charge is 0.305 e. The Kier molecular flexibility index (Phi) is 3.73. The Morgan fingerprint density at radius 3 is 2.50 bits per heavy atom. The van der Waals surface area contributed by atoms with Gasteiger partial charge in [-0.25, -0.2) is 0 Å². The molecule has 1 fully saturated rings. The van der Waals surface area contributed by atoms with E-state index in [1.807, 2.05) is 37.3 Å². The first-order chi connectivity index (χ1) is 7.77. The normalized spacial score (nSPS) is 18.6. The highest BCUT2D eigenvalue weighted by Crippen LogP contribution is 2.18. The Hall–Kier alpha value is -1.15. The van der Waals surface area contributed by atoms with E-state index in [0.717, 1.165) is 5.56 Å². The predicted molar refractivity (Wildman–Crippen MR) is 65.6 cm³/mol. The molecular formula is C14H19NO. The second-order valence-corrected chi connectivity index (χ2v) is 4.60. The molecule has 0 radical (unpaired) electrons. The van der Waals surface area contributed by atoms with E-state index in [1.165, 1.54) is 25.7 Å². The van der Waals surface area contributed by atoms with Crippen LogP contribution >= 0.6 is 0 Å². The minimum absolute atomic E-state index is 0.0644. The van der Waals surface area contributed by atoms with Gasteiger partial charge >= 0.3 is 0 Å². The fraction of sp³-hybridized carbons (Fsp3) is 0.500. The minimum Gasteiger partial charge on any atom is -0.305 e. The number of nitrogens with one attached hydrogen (secondary N) is 1. The van der Waals surface area contributed by atoms with Crippen molar-refractivity contribution >= 4 is 5.78 Å². The Morgan fingerprint density at radius 2 is 1.88 bits per heavy atom. The zero-order valence-corrected chi connectivity index (χ0v) is 9.78. The van der Waals surface area contributed by atoms with E-state index < -0.39 is 0 Å². The van der Waals surface area contributed by atoms with Crippen LogP contribution in [0.15, 0.2) is 30.3 Å². The van der Waals surface area contributed by atoms with Crippen molar-refractivity contribution in [3.05, 3.63) is 35.9 Å². The van der Waals surface area contributed by atoms with E-state index in [1.54, 1.807) is 0 Å². The molecule has 0 spiro atoms. The summed E-state index contributed by atoms with van der Waals surface area (Å²) in [5.74, 6) is 0.201. The van der Waals surface area contributed by atoms with Crippen LogP contribution in [0.4, 0.5) is 0 Å². The third kappa shape index (κ3) is 2.70. The lowest BCUT2D eigenvalue weighted by Gasteiger charge is -2.18. The first kappa shape index (κ1) is 11.3. The van der Waals surface area contributed by atoms with Gasteiger partial charge in [-0.05, 0) is 19.8 Å². The van der Waals surface area contributed by atoms with Gasteiger partial charge in [0.05, 0.1) is 6.04 Å². The molecule has 1 N–H and O–H groups in total. The molecule has 2 rings (SSSR count). The zero-order valence-electron chi connectivity index (χ0n) is 9.78. The van der Waals surface area contributed by atoms with Crippen LogP contribution in [0.3, 0.4) is 0 Å². The highest BCUT2D eigenvalue weighted by molar-refractivity contribution is 5.99. The molecule has 1 aromatic carbocycles. The van der Waals surface area contributed by atoms with Gasteiger partial charge in [0.2, 0.25) is 0 Å². The van der Waals surface area contributed by atoms with E-state index in [9.17, 15) is 4.79 Å². The molecule has 2 heteroatoms. The van der Waals surface area contributed by atoms with Crippen LogP contribution in [0.25, 0.3) is 0 Å². The molecule has 0 aliphatic heterocycles. The lowest BCUT2D eigenvalue weighted by molar-refractivity contribution is 0.0944. The number of hydrogen-bond acceptors (Lipinski definition) is 2. The van der Waals surface area contributed by atoms with Crippen molar-refractivity contribution in [3.63, 3.8) is 0 Å². The molecule has 1 aliphatic rings. The van der Waals surface area contributed by atoms with Gasteiger partial charge < -0.3 is 5.32 Å². The maximum atomic E-state index is 12.1. The average Bonchev–Trinajstić information content (AvgIpc) is 2.82. The van der Waals surface area contributed by atoms with Gasteiger partial charge in [0.1, 0.15) is 0 Å². The second kappa shape index (κ2) is 5.26. The fourth-order valence-corrected chi connectivity index (χ4v) is 2.37. The van der Waals surface area contributed by atoms with Crippen molar-refractivity contribution in [1.29, 1.82) is 0 Å². The van der Waals surface area contributed by atoms with E-state index in [0.29, 0.717) is 6.04 Å². The molecule has 1 aliphatic carbocycles. The summed E-state index contributed by atoms with van der Waals surface area (Å²) in [5.41, 5.74) is 0.806. The molecule has 0 heterocycles. The van der Waals surface area contributed by atoms with Crippen LogP contribution in [-0.2, 0) is 0 Å². The number of rotatable bonds is 4. The van der Waals surface area contributed by atoms with Crippen LogP contribution in [0.1, 0.15) is 43.0 Å². The van der Waals surface area contributed by atoms with Gasteiger partial charge in [-0.1, -0.05) is 43.2 Å². The molecule has 0 aromatic heterocycles. The van der Waals surface area contributed by atoms with E-state index in [-0.39, 0.29) is 11.8 Å². The summed E-state index contributed by atoms with van der Waals surface area (Å²) >= 11 is 0. The maximum absolute atomic E-state index is 12.1. The monoisotopic (exact) mass is 217 g/mol. The van der Waals surface area contributed by atoms with Crippen LogP contribution in [0, 0.1) is 0 Å². The quantitative estimate of drug-likeness (QED) is 0.786. The van der Waals surface area contributed by atoms with E-state index in [2.05, 4.69) is 5.32 Å². The van der Waals surface area contributed by atoms with Gasteiger partial charge in [-0.3, -0.25) is 4.79 Å². The molecule has 0 bridgehead atoms. The van der Waals surface area contributed by atoms with Gasteiger partial charge in [0, 0.05) is 11.6 Å². The molecule has 0 saturated heterocycles. The molecule has 1 atom stereocenters. The topological polar surface area (TPSA) is 29.1 Å². The Bertz CT molecular complexity index is 341. The number of carbonyl (C=O) groups is 1. The first-order valence-electron chi connectivity index (χ1n) is 6.12. The predicted octanol–water partition coefficient (Wildman–Crippen LogP) is 2.79. The van der Waals surface area contributed by atoms with Crippen LogP contribution in [0.5, 0.6) is 0 Å². The average molecular weight is 217 g/mol. The number of benzene rings is 1. The van der Waals surface area contributed by atoms with Crippen molar-refractivity contribution in [2.75, 3.05) is 0 Å². The van der Waals surface area contributed by atoms with Gasteiger partial charge in [-0.2, -0.15) is 0 Å². The number of hydrogen-bond donors (Lipinski definition) is 1. The number of Topliss-reactive ketones (excluding diaryl/α,β-unsaturated/α-hetero) is 1. The summed E-state index contributed by atoms with van der Waals surface area (Å²) in [6, 6.07) is 10.0. The molecule has 16 heavy (non-hydrogen) atoms. The highest BCUT2D eigenvalue weighted by atomic mass is 16.1. The Balaban J connectivity index is 1.94. The SMILES string of the molecule is CC(NC1CCCC1)C(=O)c1ccccc1. The van der Waals surface area contributed by atoms with Crippen molar-refractivity contribution in [2.45, 2.75) is 44.7 Å². The smallest absolute Gasteiger partial charge is 0.179 e. The third-order valence-corrected chi connectivity index (χ3v) is 3.29. The highest BCUT2D eigenvalue weighted by Gasteiger charge is 2.21. The van der Waals surface area contributed by atoms with Crippen molar-refractivity contribution in [2.24, 2.45) is 0 Å². The summed E-state index contributed by atoms with van der Waals surface area (Å²) in [6.45, 7) is 1.97. The molecule has 2 nitrogen and oxygen atoms in total. The summed E-state index contributed by atoms with van der Waals surface area (Å²) in [4.78, 5) is 12.1. The summed E-state index contributed by atoms with van der Waals surface area (Å²) < 4.78 is 0. The van der Waals surface area contributed by atoms with Gasteiger partial charge in [0.15, 0.2) is 5.78 Å². The summed E-state index contributed by atoms with van der Waals surface area (Å²) in [7, 11) is 0. The Labute approximate surface area is 97.1 Å². The molecule has 0 amide bonds. The first-order valence-corrected chi connectivity index (χ1v) is 6.12. The zero-order chi connectivity index (χ0) is 11.4. The minimum atomic E-state index is -0.0644. The number of carbonyl (C=O) groups excluding carboxylic acids is 1. The van der Waals surface area contributed by atoms with Crippen molar-refractivity contribution < 1.29 is 4.79 Å². The molecule has 1 unspecified atom stereocenters.